The van der Waals surface area contributed by atoms with Crippen LogP contribution in [0.2, 0.25) is 10.0 Å². The van der Waals surface area contributed by atoms with Crippen molar-refractivity contribution in [2.24, 2.45) is 0 Å². The second-order valence-electron chi connectivity index (χ2n) is 24.9. The maximum Gasteiger partial charge on any atom is 0.197 e. The van der Waals surface area contributed by atoms with Gasteiger partial charge in [-0.15, -0.1) is 0 Å². The number of nitrogens with one attached hydrogen (secondary N) is 4. The van der Waals surface area contributed by atoms with Crippen LogP contribution in [0.3, 0.4) is 0 Å². The number of halogens is 4. The van der Waals surface area contributed by atoms with Gasteiger partial charge < -0.3 is 61.0 Å². The fourth-order valence-electron chi connectivity index (χ4n) is 11.2. The van der Waals surface area contributed by atoms with E-state index in [1.165, 1.54) is 46.0 Å². The molecule has 0 aliphatic rings. The minimum atomic E-state index is -0.471. The Morgan fingerprint density at radius 3 is 1.19 bits per heavy atom. The molecule has 0 heterocycles. The topological polar surface area (TPSA) is 154 Å². The summed E-state index contributed by atoms with van der Waals surface area (Å²) in [4.78, 5) is 4.39. The highest BCUT2D eigenvalue weighted by atomic mass is 35.5. The number of phenols is 4. The first-order valence-electron chi connectivity index (χ1n) is 33.4. The summed E-state index contributed by atoms with van der Waals surface area (Å²) in [6, 6.07) is 82.4. The zero-order valence-electron chi connectivity index (χ0n) is 58.1. The fourth-order valence-corrected chi connectivity index (χ4v) is 11.6. The lowest BCUT2D eigenvalue weighted by atomic mass is 10.1. The molecule has 0 aromatic heterocycles. The third-order valence-corrected chi connectivity index (χ3v) is 16.6. The Morgan fingerprint density at radius 1 is 0.340 bits per heavy atom. The molecule has 0 saturated carbocycles. The first-order valence-corrected chi connectivity index (χ1v) is 34.1. The van der Waals surface area contributed by atoms with E-state index in [1.54, 1.807) is 78.9 Å². The van der Waals surface area contributed by atoms with Crippen molar-refractivity contribution in [3.63, 3.8) is 0 Å². The van der Waals surface area contributed by atoms with Crippen LogP contribution in [0.4, 0.5) is 42.9 Å². The summed E-state index contributed by atoms with van der Waals surface area (Å²) in [5, 5.41) is 53.2. The Balaban J connectivity index is 0.000000174. The van der Waals surface area contributed by atoms with Crippen molar-refractivity contribution >= 4 is 57.3 Å². The molecule has 16 heteroatoms. The van der Waals surface area contributed by atoms with Gasteiger partial charge in [0.2, 0.25) is 0 Å². The van der Waals surface area contributed by atoms with E-state index in [0.29, 0.717) is 42.6 Å². The lowest BCUT2D eigenvalue weighted by Gasteiger charge is -2.28. The maximum atomic E-state index is 14.2. The van der Waals surface area contributed by atoms with Crippen molar-refractivity contribution in [3.05, 3.63) is 355 Å². The molecule has 0 aliphatic carbocycles. The number of benzene rings is 12. The van der Waals surface area contributed by atoms with E-state index in [2.05, 4.69) is 114 Å². The molecule has 12 aromatic carbocycles. The predicted molar refractivity (Wildman–Crippen MR) is 422 cm³/mol. The van der Waals surface area contributed by atoms with Crippen LogP contribution in [0.15, 0.2) is 267 Å². The third-order valence-electron chi connectivity index (χ3n) is 16.2. The van der Waals surface area contributed by atoms with Gasteiger partial charge in [-0.2, -0.15) is 0 Å². The quantitative estimate of drug-likeness (QED) is 0.0291. The lowest BCUT2D eigenvalue weighted by Crippen LogP contribution is -2.23. The van der Waals surface area contributed by atoms with Crippen molar-refractivity contribution < 1.29 is 38.7 Å². The number of ether oxygens (including phenoxy) is 2. The van der Waals surface area contributed by atoms with Crippen LogP contribution in [-0.2, 0) is 52.5 Å². The van der Waals surface area contributed by atoms with Gasteiger partial charge in [0.25, 0.3) is 0 Å². The Bertz CT molecular complexity index is 4480. The van der Waals surface area contributed by atoms with Crippen molar-refractivity contribution in [2.45, 2.75) is 87.6 Å². The number of nitrogens with zero attached hydrogens (tertiary/aromatic N) is 2. The standard InChI is InChI=1S/C23H25ClN2O.C21H21ClN2O.C21H21FN2O.C21H19FO3.CH4/c1-17-6-4-7-18(12-17)15-26(3)23-14-20(24)10-11-22(23)25(2)16-19-8-5-9-21(27)13-19;2*1-15-4-2-5-16(10-15)13-24-21-12-18(22)8-9-20(21)23-14-17-6-3-7-19(25)11-17;1-15-5-2-6-16(11-15)14-25-21-19(22)9-4-10-20(21)24-13-17-7-3-8-18(23)12-17;/h4-14,27H,15-16H2,1-3H3;2*2-12,23-25H,13-14H2,1H3;2-12,23H,13-14H2,1H3;1H4. The molecule has 0 unspecified atom stereocenters. The normalized spacial score (nSPS) is 10.4. The first kappa shape index (κ1) is 77.4. The number of hydrogen-bond acceptors (Lipinski definition) is 12. The van der Waals surface area contributed by atoms with E-state index in [4.69, 9.17) is 32.7 Å². The molecule has 0 aliphatic heterocycles. The molecule has 12 aromatic rings. The van der Waals surface area contributed by atoms with E-state index in [-0.39, 0.29) is 55.2 Å². The van der Waals surface area contributed by atoms with Gasteiger partial charge in [-0.3, -0.25) is 0 Å². The summed E-state index contributed by atoms with van der Waals surface area (Å²) in [5.74, 6) is 0.616. The number of phenolic OH excluding ortho intramolecular Hbond substituents is 4. The van der Waals surface area contributed by atoms with E-state index in [0.717, 1.165) is 85.5 Å². The van der Waals surface area contributed by atoms with Crippen LogP contribution >= 0.6 is 23.2 Å². The van der Waals surface area contributed by atoms with Crippen molar-refractivity contribution in [1.82, 2.24) is 0 Å². The van der Waals surface area contributed by atoms with Crippen LogP contribution in [0.1, 0.15) is 74.2 Å². The molecular formula is C87H90Cl2F2N6O6. The van der Waals surface area contributed by atoms with Gasteiger partial charge in [-0.1, -0.05) is 205 Å². The third kappa shape index (κ3) is 25.4. The second-order valence-corrected chi connectivity index (χ2v) is 25.8. The molecule has 103 heavy (non-hydrogen) atoms. The largest absolute Gasteiger partial charge is 0.508 e. The van der Waals surface area contributed by atoms with Crippen LogP contribution in [0.25, 0.3) is 0 Å². The molecule has 532 valence electrons. The molecule has 0 saturated heterocycles. The molecule has 0 atom stereocenters. The second kappa shape index (κ2) is 39.0. The SMILES string of the molecule is C.Cc1cccc(CN(C)c2cc(Cl)ccc2N(C)Cc2cccc(O)c2)c1.Cc1cccc(CNc2cc(Cl)ccc2NCc2cccc(O)c2)c1.Cc1cccc(CNc2cc(F)ccc2NCc2cccc(O)c2)c1.Cc1cccc(COc2c(F)cccc2OCc2cccc(O)c2)c1. The number of rotatable bonds is 24. The highest BCUT2D eigenvalue weighted by Crippen LogP contribution is 2.35. The minimum Gasteiger partial charge on any atom is -0.508 e. The van der Waals surface area contributed by atoms with Gasteiger partial charge in [0.1, 0.15) is 42.0 Å². The molecule has 0 radical (unpaired) electrons. The van der Waals surface area contributed by atoms with Gasteiger partial charge in [-0.25, -0.2) is 8.78 Å². The minimum absolute atomic E-state index is 0. The Labute approximate surface area is 615 Å². The molecule has 12 rings (SSSR count). The van der Waals surface area contributed by atoms with Crippen LogP contribution < -0.4 is 40.5 Å². The van der Waals surface area contributed by atoms with Gasteiger partial charge in [0, 0.05) is 63.4 Å². The van der Waals surface area contributed by atoms with E-state index >= 15 is 0 Å². The molecule has 0 spiro atoms. The van der Waals surface area contributed by atoms with Gasteiger partial charge in [-0.05, 0) is 187 Å². The Morgan fingerprint density at radius 2 is 0.689 bits per heavy atom. The van der Waals surface area contributed by atoms with E-state index < -0.39 is 5.82 Å². The summed E-state index contributed by atoms with van der Waals surface area (Å²) in [6.07, 6.45) is 0. The number of hydrogen-bond donors (Lipinski definition) is 8. The van der Waals surface area contributed by atoms with E-state index in [1.807, 2.05) is 129 Å². The average molecular weight is 1420 g/mol. The van der Waals surface area contributed by atoms with Gasteiger partial charge in [0.05, 0.1) is 34.1 Å². The van der Waals surface area contributed by atoms with Gasteiger partial charge in [0.15, 0.2) is 17.3 Å². The number of para-hydroxylation sites is 1. The number of aromatic hydroxyl groups is 4. The molecule has 12 nitrogen and oxygen atoms in total. The molecule has 0 amide bonds. The molecular weight excluding hydrogens is 1330 g/mol. The monoisotopic (exact) mass is 1420 g/mol. The van der Waals surface area contributed by atoms with Crippen molar-refractivity contribution in [3.8, 4) is 34.5 Å². The fraction of sp³-hybridized carbons (Fsp3) is 0.172. The average Bonchev–Trinajstić information content (AvgIpc) is 0.803. The zero-order valence-corrected chi connectivity index (χ0v) is 59.6. The summed E-state index contributed by atoms with van der Waals surface area (Å²) < 4.78 is 39.2. The summed E-state index contributed by atoms with van der Waals surface area (Å²) in [5.41, 5.74) is 18.8. The first-order chi connectivity index (χ1) is 49.2. The van der Waals surface area contributed by atoms with Crippen LogP contribution in [-0.4, -0.2) is 34.5 Å². The smallest absolute Gasteiger partial charge is 0.197 e. The lowest BCUT2D eigenvalue weighted by molar-refractivity contribution is 0.245. The number of aryl methyl sites for hydroxylation is 4. The Kier molecular flexibility index (Phi) is 29.3. The molecule has 0 bridgehead atoms. The number of anilines is 6. The van der Waals surface area contributed by atoms with Crippen molar-refractivity contribution in [2.75, 3.05) is 45.2 Å². The van der Waals surface area contributed by atoms with Gasteiger partial charge >= 0.3 is 0 Å². The predicted octanol–water partition coefficient (Wildman–Crippen LogP) is 21.9. The Hall–Kier alpha value is -11.3. The molecule has 8 N–H and O–H groups in total. The highest BCUT2D eigenvalue weighted by Gasteiger charge is 2.16. The maximum absolute atomic E-state index is 14.2. The van der Waals surface area contributed by atoms with Crippen LogP contribution in [0.5, 0.6) is 34.5 Å². The van der Waals surface area contributed by atoms with E-state index in [9.17, 15) is 29.2 Å². The van der Waals surface area contributed by atoms with Crippen molar-refractivity contribution in [1.29, 1.82) is 0 Å². The summed E-state index contributed by atoms with van der Waals surface area (Å²) in [6.45, 7) is 12.7. The summed E-state index contributed by atoms with van der Waals surface area (Å²) >= 11 is 12.5. The summed E-state index contributed by atoms with van der Waals surface area (Å²) in [7, 11) is 4.14. The highest BCUT2D eigenvalue weighted by molar-refractivity contribution is 6.31. The molecule has 0 fully saturated rings. The van der Waals surface area contributed by atoms with Crippen LogP contribution in [0, 0.1) is 39.3 Å². The zero-order chi connectivity index (χ0) is 72.3.